The maximum atomic E-state index is 13.8. The Bertz CT molecular complexity index is 1280. The fourth-order valence-corrected chi connectivity index (χ4v) is 5.31. The average molecular weight is 475 g/mol. The van der Waals surface area contributed by atoms with Crippen molar-refractivity contribution in [2.45, 2.75) is 13.0 Å². The second kappa shape index (κ2) is 9.66. The third-order valence-corrected chi connectivity index (χ3v) is 7.42. The minimum absolute atomic E-state index is 0.0933. The molecule has 1 aromatic carbocycles. The van der Waals surface area contributed by atoms with Gasteiger partial charge >= 0.3 is 0 Å². The van der Waals surface area contributed by atoms with Gasteiger partial charge in [0.2, 0.25) is 0 Å². The number of nitrogens with one attached hydrogen (secondary N) is 1. The van der Waals surface area contributed by atoms with Crippen molar-refractivity contribution in [2.24, 2.45) is 7.05 Å². The molecule has 5 rings (SSSR count). The van der Waals surface area contributed by atoms with Gasteiger partial charge in [-0.05, 0) is 37.0 Å². The smallest absolute Gasteiger partial charge is 0.252 e. The van der Waals surface area contributed by atoms with Crippen LogP contribution in [-0.2, 0) is 7.05 Å². The van der Waals surface area contributed by atoms with E-state index in [-0.39, 0.29) is 11.9 Å². The summed E-state index contributed by atoms with van der Waals surface area (Å²) in [7, 11) is 4.03. The van der Waals surface area contributed by atoms with Crippen LogP contribution in [0, 0.1) is 6.92 Å². The average Bonchev–Trinajstić information content (AvgIpc) is 3.48. The summed E-state index contributed by atoms with van der Waals surface area (Å²) in [4.78, 5) is 24.5. The topological polar surface area (TPSA) is 66.3 Å². The molecule has 1 atom stereocenters. The van der Waals surface area contributed by atoms with Crippen molar-refractivity contribution in [1.82, 2.24) is 29.9 Å². The molecule has 4 heterocycles. The molecule has 0 radical (unpaired) electrons. The molecule has 176 valence electrons. The molecular formula is C26H30N6OS. The third kappa shape index (κ3) is 4.61. The largest absolute Gasteiger partial charge is 0.344 e. The van der Waals surface area contributed by atoms with Gasteiger partial charge in [0.1, 0.15) is 0 Å². The lowest BCUT2D eigenvalue weighted by molar-refractivity contribution is 0.0909. The van der Waals surface area contributed by atoms with Gasteiger partial charge in [-0.25, -0.2) is 4.98 Å². The van der Waals surface area contributed by atoms with E-state index in [9.17, 15) is 4.79 Å². The Hall–Kier alpha value is -3.07. The van der Waals surface area contributed by atoms with Gasteiger partial charge in [-0.15, -0.1) is 11.3 Å². The molecule has 0 spiro atoms. The second-order valence-corrected chi connectivity index (χ2v) is 9.93. The second-order valence-electron chi connectivity index (χ2n) is 8.98. The molecule has 1 unspecified atom stereocenters. The van der Waals surface area contributed by atoms with Crippen LogP contribution in [0.3, 0.4) is 0 Å². The lowest BCUT2D eigenvalue weighted by Gasteiger charge is -2.35. The lowest BCUT2D eigenvalue weighted by Crippen LogP contribution is -2.47. The van der Waals surface area contributed by atoms with Gasteiger partial charge in [-0.3, -0.25) is 14.4 Å². The summed E-state index contributed by atoms with van der Waals surface area (Å²) in [6.07, 6.45) is 0. The first-order valence-electron chi connectivity index (χ1n) is 11.6. The number of likely N-dealkylation sites (N-methyl/N-ethyl adjacent to an activating group) is 1. The number of aryl methyl sites for hydroxylation is 2. The van der Waals surface area contributed by atoms with E-state index in [1.54, 1.807) is 16.0 Å². The first kappa shape index (κ1) is 22.7. The van der Waals surface area contributed by atoms with Gasteiger partial charge < -0.3 is 10.2 Å². The van der Waals surface area contributed by atoms with E-state index in [1.165, 1.54) is 0 Å². The van der Waals surface area contributed by atoms with Crippen molar-refractivity contribution < 1.29 is 4.79 Å². The van der Waals surface area contributed by atoms with Crippen LogP contribution < -0.4 is 5.32 Å². The third-order valence-electron chi connectivity index (χ3n) is 6.53. The molecule has 1 aliphatic rings. The summed E-state index contributed by atoms with van der Waals surface area (Å²) in [5.41, 5.74) is 4.07. The van der Waals surface area contributed by atoms with Crippen LogP contribution in [0.4, 0.5) is 0 Å². The van der Waals surface area contributed by atoms with Crippen molar-refractivity contribution >= 4 is 28.3 Å². The number of hydrogen-bond acceptors (Lipinski definition) is 6. The van der Waals surface area contributed by atoms with Crippen LogP contribution in [0.15, 0.2) is 53.9 Å². The SMILES string of the molecule is Cc1nn(C)c2nc(-c3cccs3)cc(C(=O)NC(CN3CCN(C)CC3)c3ccccc3)c12. The van der Waals surface area contributed by atoms with Crippen LogP contribution in [0.2, 0.25) is 0 Å². The molecule has 8 heteroatoms. The number of aromatic nitrogens is 3. The van der Waals surface area contributed by atoms with Crippen molar-refractivity contribution in [1.29, 1.82) is 0 Å². The van der Waals surface area contributed by atoms with E-state index in [1.807, 2.05) is 55.7 Å². The maximum absolute atomic E-state index is 13.8. The first-order valence-corrected chi connectivity index (χ1v) is 12.5. The Balaban J connectivity index is 1.50. The van der Waals surface area contributed by atoms with E-state index in [4.69, 9.17) is 4.98 Å². The van der Waals surface area contributed by atoms with E-state index in [2.05, 4.69) is 39.4 Å². The summed E-state index contributed by atoms with van der Waals surface area (Å²) in [6, 6.07) is 16.1. The predicted molar refractivity (Wildman–Crippen MR) is 137 cm³/mol. The number of thiophene rings is 1. The number of benzene rings is 1. The van der Waals surface area contributed by atoms with Gasteiger partial charge in [0.05, 0.1) is 33.3 Å². The summed E-state index contributed by atoms with van der Waals surface area (Å²) in [5.74, 6) is -0.0933. The van der Waals surface area contributed by atoms with Crippen LogP contribution in [0.1, 0.15) is 27.7 Å². The van der Waals surface area contributed by atoms with Crippen molar-refractivity contribution in [2.75, 3.05) is 39.8 Å². The Morgan fingerprint density at radius 2 is 1.85 bits per heavy atom. The molecule has 0 bridgehead atoms. The highest BCUT2D eigenvalue weighted by Gasteiger charge is 2.25. The quantitative estimate of drug-likeness (QED) is 0.461. The van der Waals surface area contributed by atoms with E-state index < -0.39 is 0 Å². The summed E-state index contributed by atoms with van der Waals surface area (Å²) in [5, 5.41) is 10.7. The Labute approximate surface area is 204 Å². The zero-order valence-electron chi connectivity index (χ0n) is 19.9. The highest BCUT2D eigenvalue weighted by molar-refractivity contribution is 7.13. The normalized spacial score (nSPS) is 16.1. The van der Waals surface area contributed by atoms with Gasteiger partial charge in [0.25, 0.3) is 5.91 Å². The zero-order chi connectivity index (χ0) is 23.7. The maximum Gasteiger partial charge on any atom is 0.252 e. The molecule has 3 aromatic heterocycles. The molecule has 4 aromatic rings. The number of fused-ring (bicyclic) bond motifs is 1. The number of piperazine rings is 1. The molecule has 0 saturated carbocycles. The Kier molecular flexibility index (Phi) is 6.45. The molecule has 34 heavy (non-hydrogen) atoms. The number of nitrogens with zero attached hydrogens (tertiary/aromatic N) is 5. The molecule has 1 saturated heterocycles. The van der Waals surface area contributed by atoms with Crippen LogP contribution in [0.25, 0.3) is 21.6 Å². The molecule has 7 nitrogen and oxygen atoms in total. The minimum Gasteiger partial charge on any atom is -0.344 e. The number of hydrogen-bond donors (Lipinski definition) is 1. The van der Waals surface area contributed by atoms with E-state index in [0.29, 0.717) is 5.56 Å². The molecule has 1 fully saturated rings. The molecular weight excluding hydrogens is 444 g/mol. The fraction of sp³-hybridized carbons (Fsp3) is 0.346. The minimum atomic E-state index is -0.109. The van der Waals surface area contributed by atoms with Gasteiger partial charge in [0.15, 0.2) is 5.65 Å². The van der Waals surface area contributed by atoms with Gasteiger partial charge in [-0.2, -0.15) is 5.10 Å². The first-order chi connectivity index (χ1) is 16.5. The molecule has 1 amide bonds. The molecule has 0 aliphatic carbocycles. The highest BCUT2D eigenvalue weighted by Crippen LogP contribution is 2.30. The zero-order valence-corrected chi connectivity index (χ0v) is 20.7. The van der Waals surface area contributed by atoms with Crippen molar-refractivity contribution in [3.63, 3.8) is 0 Å². The van der Waals surface area contributed by atoms with Crippen LogP contribution in [0.5, 0.6) is 0 Å². The van der Waals surface area contributed by atoms with Crippen LogP contribution in [-0.4, -0.2) is 70.2 Å². The van der Waals surface area contributed by atoms with E-state index >= 15 is 0 Å². The number of pyridine rings is 1. The summed E-state index contributed by atoms with van der Waals surface area (Å²) in [6.45, 7) is 6.80. The van der Waals surface area contributed by atoms with Crippen molar-refractivity contribution in [3.05, 3.63) is 70.7 Å². The number of carbonyl (C=O) groups excluding carboxylic acids is 1. The predicted octanol–water partition coefficient (Wildman–Crippen LogP) is 3.72. The number of amides is 1. The Morgan fingerprint density at radius 3 is 2.56 bits per heavy atom. The lowest BCUT2D eigenvalue weighted by atomic mass is 10.0. The van der Waals surface area contributed by atoms with Gasteiger partial charge in [-0.1, -0.05) is 36.4 Å². The van der Waals surface area contributed by atoms with Crippen LogP contribution >= 0.6 is 11.3 Å². The fourth-order valence-electron chi connectivity index (χ4n) is 4.62. The van der Waals surface area contributed by atoms with Crippen molar-refractivity contribution in [3.8, 4) is 10.6 Å². The standard InChI is InChI=1S/C26H30N6OS/c1-18-24-20(16-21(23-10-7-15-34-23)27-25(24)31(3)29-18)26(33)28-22(19-8-5-4-6-9-19)17-32-13-11-30(2)12-14-32/h4-10,15-16,22H,11-14,17H2,1-3H3,(H,28,33). The van der Waals surface area contributed by atoms with Gasteiger partial charge in [0, 0.05) is 39.8 Å². The summed E-state index contributed by atoms with van der Waals surface area (Å²) >= 11 is 1.62. The van der Waals surface area contributed by atoms with E-state index in [0.717, 1.165) is 65.6 Å². The number of rotatable bonds is 6. The summed E-state index contributed by atoms with van der Waals surface area (Å²) < 4.78 is 1.76. The molecule has 1 aliphatic heterocycles. The number of carbonyl (C=O) groups is 1. The highest BCUT2D eigenvalue weighted by atomic mass is 32.1. The molecule has 1 N–H and O–H groups in total. The monoisotopic (exact) mass is 474 g/mol. The Morgan fingerprint density at radius 1 is 1.09 bits per heavy atom.